The van der Waals surface area contributed by atoms with E-state index >= 15 is 0 Å². The first-order valence-corrected chi connectivity index (χ1v) is 10.4. The van der Waals surface area contributed by atoms with Crippen molar-refractivity contribution in [1.82, 2.24) is 20.6 Å². The van der Waals surface area contributed by atoms with E-state index in [-0.39, 0.29) is 23.4 Å². The quantitative estimate of drug-likeness (QED) is 0.471. The van der Waals surface area contributed by atoms with Crippen molar-refractivity contribution in [3.8, 4) is 11.1 Å². The number of rotatable bonds is 4. The molecular formula is C25H21FN4O3. The average Bonchev–Trinajstić information content (AvgIpc) is 2.83. The molecule has 0 fully saturated rings. The van der Waals surface area contributed by atoms with E-state index in [1.54, 1.807) is 37.3 Å². The van der Waals surface area contributed by atoms with E-state index in [2.05, 4.69) is 16.0 Å². The maximum Gasteiger partial charge on any atom is 0.290 e. The van der Waals surface area contributed by atoms with Crippen LogP contribution in [0.4, 0.5) is 4.39 Å². The van der Waals surface area contributed by atoms with Gasteiger partial charge in [-0.2, -0.15) is 5.10 Å². The third-order valence-electron chi connectivity index (χ3n) is 5.27. The maximum atomic E-state index is 14.6. The molecule has 0 aliphatic rings. The Morgan fingerprint density at radius 1 is 0.909 bits per heavy atom. The van der Waals surface area contributed by atoms with Crippen LogP contribution in [0.5, 0.6) is 0 Å². The molecule has 3 aromatic carbocycles. The van der Waals surface area contributed by atoms with E-state index in [1.165, 1.54) is 16.8 Å². The van der Waals surface area contributed by atoms with Crippen molar-refractivity contribution in [2.75, 3.05) is 0 Å². The van der Waals surface area contributed by atoms with Gasteiger partial charge in [0.2, 0.25) is 0 Å². The van der Waals surface area contributed by atoms with E-state index in [1.807, 2.05) is 31.2 Å². The molecule has 2 N–H and O–H groups in total. The van der Waals surface area contributed by atoms with Crippen molar-refractivity contribution in [3.05, 3.63) is 99.7 Å². The number of hydrazine groups is 1. The Bertz CT molecular complexity index is 1430. The van der Waals surface area contributed by atoms with Gasteiger partial charge in [0.25, 0.3) is 17.4 Å². The van der Waals surface area contributed by atoms with Crippen molar-refractivity contribution in [3.63, 3.8) is 0 Å². The first-order valence-electron chi connectivity index (χ1n) is 10.4. The number of carbonyl (C=O) groups excluding carboxylic acids is 2. The highest BCUT2D eigenvalue weighted by molar-refractivity contribution is 6.06. The molecule has 0 bridgehead atoms. The molecule has 1 aromatic heterocycles. The Hall–Kier alpha value is -4.33. The Morgan fingerprint density at radius 2 is 1.55 bits per heavy atom. The van der Waals surface area contributed by atoms with Gasteiger partial charge < -0.3 is 0 Å². The zero-order chi connectivity index (χ0) is 23.5. The zero-order valence-electron chi connectivity index (χ0n) is 18.1. The van der Waals surface area contributed by atoms with Crippen molar-refractivity contribution in [2.45, 2.75) is 20.4 Å². The third-order valence-corrected chi connectivity index (χ3v) is 5.27. The van der Waals surface area contributed by atoms with Gasteiger partial charge in [0.05, 0.1) is 10.9 Å². The monoisotopic (exact) mass is 444 g/mol. The topological polar surface area (TPSA) is 93.1 Å². The molecule has 8 heteroatoms. The van der Waals surface area contributed by atoms with Crippen LogP contribution >= 0.6 is 0 Å². The molecule has 0 atom stereocenters. The van der Waals surface area contributed by atoms with Crippen LogP contribution in [0.2, 0.25) is 0 Å². The van der Waals surface area contributed by atoms with E-state index in [4.69, 9.17) is 0 Å². The second kappa shape index (κ2) is 9.04. The molecule has 7 nitrogen and oxygen atoms in total. The summed E-state index contributed by atoms with van der Waals surface area (Å²) in [5.41, 5.74) is 6.45. The van der Waals surface area contributed by atoms with Gasteiger partial charge in [-0.3, -0.25) is 25.2 Å². The lowest BCUT2D eigenvalue weighted by Crippen LogP contribution is -2.43. The number of hydrogen-bond acceptors (Lipinski definition) is 4. The van der Waals surface area contributed by atoms with Crippen LogP contribution in [0.15, 0.2) is 71.5 Å². The van der Waals surface area contributed by atoms with Crippen molar-refractivity contribution in [2.24, 2.45) is 0 Å². The Kier molecular flexibility index (Phi) is 5.99. The number of amides is 2. The molecule has 0 saturated heterocycles. The van der Waals surface area contributed by atoms with Gasteiger partial charge in [0.1, 0.15) is 5.82 Å². The van der Waals surface area contributed by atoms with Gasteiger partial charge in [-0.15, -0.1) is 0 Å². The number of aryl methyl sites for hydroxylation is 2. The van der Waals surface area contributed by atoms with Crippen LogP contribution < -0.4 is 16.4 Å². The number of halogens is 1. The second-order valence-electron chi connectivity index (χ2n) is 7.48. The molecular weight excluding hydrogens is 423 g/mol. The molecule has 0 radical (unpaired) electrons. The van der Waals surface area contributed by atoms with E-state index in [0.717, 1.165) is 11.1 Å². The number of aromatic nitrogens is 2. The summed E-state index contributed by atoms with van der Waals surface area (Å²) in [6.45, 7) is 3.96. The Balaban J connectivity index is 1.54. The van der Waals surface area contributed by atoms with Gasteiger partial charge >= 0.3 is 0 Å². The lowest BCUT2D eigenvalue weighted by molar-refractivity contribution is 0.0841. The summed E-state index contributed by atoms with van der Waals surface area (Å²) in [4.78, 5) is 37.6. The number of carbonyl (C=O) groups is 2. The summed E-state index contributed by atoms with van der Waals surface area (Å²) in [7, 11) is 0. The highest BCUT2D eigenvalue weighted by atomic mass is 19.1. The molecule has 0 unspecified atom stereocenters. The van der Waals surface area contributed by atoms with Gasteiger partial charge in [0.15, 0.2) is 5.69 Å². The predicted molar refractivity (Wildman–Crippen MR) is 123 cm³/mol. The number of nitrogens with one attached hydrogen (secondary N) is 2. The predicted octanol–water partition coefficient (Wildman–Crippen LogP) is 3.61. The van der Waals surface area contributed by atoms with Crippen LogP contribution in [-0.2, 0) is 6.54 Å². The summed E-state index contributed by atoms with van der Waals surface area (Å²) in [6, 6.07) is 18.4. The fourth-order valence-electron chi connectivity index (χ4n) is 3.48. The summed E-state index contributed by atoms with van der Waals surface area (Å²) in [5, 5.41) is 4.80. The molecule has 166 valence electrons. The molecule has 4 rings (SSSR count). The third kappa shape index (κ3) is 4.36. The minimum Gasteiger partial charge on any atom is -0.267 e. The number of nitrogens with zero attached hydrogens (tertiary/aromatic N) is 2. The molecule has 4 aromatic rings. The van der Waals surface area contributed by atoms with Crippen molar-refractivity contribution in [1.29, 1.82) is 0 Å². The normalized spacial score (nSPS) is 10.8. The molecule has 0 aliphatic heterocycles. The van der Waals surface area contributed by atoms with Crippen molar-refractivity contribution < 1.29 is 14.0 Å². The molecule has 2 amide bonds. The Labute approximate surface area is 188 Å². The van der Waals surface area contributed by atoms with Crippen LogP contribution in [0.3, 0.4) is 0 Å². The minimum absolute atomic E-state index is 0.0254. The van der Waals surface area contributed by atoms with Gasteiger partial charge in [-0.25, -0.2) is 9.07 Å². The van der Waals surface area contributed by atoms with Gasteiger partial charge in [-0.05, 0) is 43.2 Å². The van der Waals surface area contributed by atoms with Crippen molar-refractivity contribution >= 4 is 22.6 Å². The molecule has 0 spiro atoms. The van der Waals surface area contributed by atoms with Crippen LogP contribution in [0.25, 0.3) is 21.9 Å². The highest BCUT2D eigenvalue weighted by Gasteiger charge is 2.18. The van der Waals surface area contributed by atoms with E-state index in [0.29, 0.717) is 16.3 Å². The molecule has 1 heterocycles. The largest absolute Gasteiger partial charge is 0.290 e. The standard InChI is InChI=1S/C25H21FN4O3/c1-3-30-25(33)19-7-5-4-6-18(19)22(29-30)24(32)28-27-23(31)20-13-12-17(14-21(20)26)16-10-8-15(2)9-11-16/h4-14H,3H2,1-2H3,(H,27,31)(H,28,32). The lowest BCUT2D eigenvalue weighted by atomic mass is 10.0. The number of fused-ring (bicyclic) bond motifs is 1. The van der Waals surface area contributed by atoms with E-state index in [9.17, 15) is 18.8 Å². The summed E-state index contributed by atoms with van der Waals surface area (Å²) >= 11 is 0. The number of hydrogen-bond donors (Lipinski definition) is 2. The SMILES string of the molecule is CCn1nc(C(=O)NNC(=O)c2ccc(-c3ccc(C)cc3)cc2F)c2ccccc2c1=O. The number of benzene rings is 3. The summed E-state index contributed by atoms with van der Waals surface area (Å²) in [5.74, 6) is -2.26. The van der Waals surface area contributed by atoms with Crippen LogP contribution in [0, 0.1) is 12.7 Å². The highest BCUT2D eigenvalue weighted by Crippen LogP contribution is 2.22. The van der Waals surface area contributed by atoms with Crippen LogP contribution in [0.1, 0.15) is 33.3 Å². The summed E-state index contributed by atoms with van der Waals surface area (Å²) < 4.78 is 15.8. The fraction of sp³-hybridized carbons (Fsp3) is 0.120. The first kappa shape index (κ1) is 21.9. The zero-order valence-corrected chi connectivity index (χ0v) is 18.1. The average molecular weight is 444 g/mol. The minimum atomic E-state index is -0.815. The summed E-state index contributed by atoms with van der Waals surface area (Å²) in [6.07, 6.45) is 0. The van der Waals surface area contributed by atoms with Gasteiger partial charge in [-0.1, -0.05) is 54.1 Å². The lowest BCUT2D eigenvalue weighted by Gasteiger charge is -2.11. The van der Waals surface area contributed by atoms with Gasteiger partial charge in [0, 0.05) is 11.9 Å². The van der Waals surface area contributed by atoms with Crippen LogP contribution in [-0.4, -0.2) is 21.6 Å². The first-order chi connectivity index (χ1) is 15.9. The smallest absolute Gasteiger partial charge is 0.267 e. The second-order valence-corrected chi connectivity index (χ2v) is 7.48. The Morgan fingerprint density at radius 3 is 2.21 bits per heavy atom. The fourth-order valence-corrected chi connectivity index (χ4v) is 3.48. The molecule has 33 heavy (non-hydrogen) atoms. The molecule has 0 aliphatic carbocycles. The maximum absolute atomic E-state index is 14.6. The van der Waals surface area contributed by atoms with E-state index < -0.39 is 17.6 Å². The molecule has 0 saturated carbocycles.